The van der Waals surface area contributed by atoms with Gasteiger partial charge in [-0.25, -0.2) is 4.63 Å². The molecule has 2 bridgehead atoms. The van der Waals surface area contributed by atoms with Crippen molar-refractivity contribution in [2.75, 3.05) is 12.3 Å². The summed E-state index contributed by atoms with van der Waals surface area (Å²) >= 11 is 0. The Morgan fingerprint density at radius 1 is 1.37 bits per heavy atom. The number of anilines is 1. The molecular weight excluding hydrogens is 244 g/mol. The largest absolute Gasteiger partial charge is 0.379 e. The summed E-state index contributed by atoms with van der Waals surface area (Å²) in [5, 5.41) is 7.12. The van der Waals surface area contributed by atoms with Crippen LogP contribution in [0.25, 0.3) is 0 Å². The van der Waals surface area contributed by atoms with Crippen molar-refractivity contribution >= 4 is 11.7 Å². The maximum atomic E-state index is 12.5. The molecule has 1 saturated carbocycles. The van der Waals surface area contributed by atoms with E-state index < -0.39 is 0 Å². The van der Waals surface area contributed by atoms with Gasteiger partial charge in [-0.3, -0.25) is 4.79 Å². The molecule has 1 saturated heterocycles. The molecule has 2 aliphatic rings. The number of carbonyl (C=O) groups excluding carboxylic acids is 1. The van der Waals surface area contributed by atoms with E-state index in [4.69, 9.17) is 5.73 Å². The number of aromatic nitrogens is 2. The Balaban J connectivity index is 1.88. The summed E-state index contributed by atoms with van der Waals surface area (Å²) in [7, 11) is 0. The van der Waals surface area contributed by atoms with Gasteiger partial charge in [-0.2, -0.15) is 0 Å². The molecule has 0 aromatic carbocycles. The molecule has 6 heteroatoms. The molecule has 104 valence electrons. The molecule has 1 aromatic rings. The maximum Gasteiger partial charge on any atom is 0.280 e. The summed E-state index contributed by atoms with van der Waals surface area (Å²) in [4.78, 5) is 14.4. The number of rotatable bonds is 1. The Bertz CT molecular complexity index is 524. The molecule has 19 heavy (non-hydrogen) atoms. The quantitative estimate of drug-likeness (QED) is 0.834. The molecule has 1 aliphatic heterocycles. The molecule has 3 rings (SSSR count). The minimum atomic E-state index is -0.148. The predicted octanol–water partition coefficient (Wildman–Crippen LogP) is 1.69. The van der Waals surface area contributed by atoms with Crippen molar-refractivity contribution in [3.05, 3.63) is 5.69 Å². The summed E-state index contributed by atoms with van der Waals surface area (Å²) < 4.78 is 4.53. The third kappa shape index (κ3) is 1.99. The molecule has 1 amide bonds. The van der Waals surface area contributed by atoms with Crippen LogP contribution in [0.5, 0.6) is 0 Å². The van der Waals surface area contributed by atoms with Gasteiger partial charge in [-0.05, 0) is 40.4 Å². The van der Waals surface area contributed by atoms with Crippen LogP contribution in [0.3, 0.4) is 0 Å². The smallest absolute Gasteiger partial charge is 0.280 e. The van der Waals surface area contributed by atoms with Gasteiger partial charge in [0.05, 0.1) is 0 Å². The molecule has 2 N–H and O–H groups in total. The molecule has 2 fully saturated rings. The van der Waals surface area contributed by atoms with Gasteiger partial charge in [-0.15, -0.1) is 0 Å². The summed E-state index contributed by atoms with van der Waals surface area (Å²) in [6.45, 7) is 7.58. The molecule has 6 nitrogen and oxygen atoms in total. The van der Waals surface area contributed by atoms with Crippen molar-refractivity contribution in [3.8, 4) is 0 Å². The monoisotopic (exact) mass is 264 g/mol. The van der Waals surface area contributed by atoms with Crippen molar-refractivity contribution in [1.29, 1.82) is 0 Å². The Hall–Kier alpha value is -1.59. The van der Waals surface area contributed by atoms with E-state index in [2.05, 4.69) is 35.7 Å². The van der Waals surface area contributed by atoms with E-state index in [1.54, 1.807) is 0 Å². The van der Waals surface area contributed by atoms with Crippen LogP contribution in [0.4, 0.5) is 5.82 Å². The van der Waals surface area contributed by atoms with Gasteiger partial charge in [0.1, 0.15) is 0 Å². The highest BCUT2D eigenvalue weighted by Gasteiger charge is 2.51. The number of nitrogens with zero attached hydrogens (tertiary/aromatic N) is 3. The molecule has 0 spiro atoms. The zero-order valence-corrected chi connectivity index (χ0v) is 11.6. The lowest BCUT2D eigenvalue weighted by molar-refractivity contribution is 0.0698. The Labute approximate surface area is 112 Å². The van der Waals surface area contributed by atoms with Crippen LogP contribution in [-0.4, -0.2) is 33.7 Å². The highest BCUT2D eigenvalue weighted by Crippen LogP contribution is 2.52. The van der Waals surface area contributed by atoms with Gasteiger partial charge < -0.3 is 10.6 Å². The van der Waals surface area contributed by atoms with E-state index in [9.17, 15) is 4.79 Å². The van der Waals surface area contributed by atoms with E-state index in [0.717, 1.165) is 25.8 Å². The number of hydrogen-bond acceptors (Lipinski definition) is 5. The molecule has 2 unspecified atom stereocenters. The van der Waals surface area contributed by atoms with Crippen LogP contribution < -0.4 is 5.73 Å². The number of hydrogen-bond donors (Lipinski definition) is 1. The maximum absolute atomic E-state index is 12.5. The van der Waals surface area contributed by atoms with Gasteiger partial charge in [0.25, 0.3) is 5.91 Å². The van der Waals surface area contributed by atoms with E-state index in [1.807, 2.05) is 4.90 Å². The minimum Gasteiger partial charge on any atom is -0.379 e. The van der Waals surface area contributed by atoms with E-state index in [1.165, 1.54) is 0 Å². The third-order valence-corrected chi connectivity index (χ3v) is 4.39. The molecule has 1 aliphatic carbocycles. The minimum absolute atomic E-state index is 0.0795. The average Bonchev–Trinajstić information content (AvgIpc) is 2.78. The number of nitrogen functional groups attached to an aromatic ring is 1. The third-order valence-electron chi connectivity index (χ3n) is 4.39. The summed E-state index contributed by atoms with van der Waals surface area (Å²) in [6.07, 6.45) is 3.24. The van der Waals surface area contributed by atoms with Crippen LogP contribution in [-0.2, 0) is 0 Å². The van der Waals surface area contributed by atoms with Crippen LogP contribution >= 0.6 is 0 Å². The number of amides is 1. The van der Waals surface area contributed by atoms with Crippen molar-refractivity contribution in [1.82, 2.24) is 15.2 Å². The Morgan fingerprint density at radius 2 is 2.11 bits per heavy atom. The molecule has 2 heterocycles. The second-order valence-electron chi connectivity index (χ2n) is 7.14. The predicted molar refractivity (Wildman–Crippen MR) is 69.3 cm³/mol. The Morgan fingerprint density at radius 3 is 2.74 bits per heavy atom. The van der Waals surface area contributed by atoms with E-state index >= 15 is 0 Å². The summed E-state index contributed by atoms with van der Waals surface area (Å²) in [5.74, 6) is -0.0685. The molecule has 2 atom stereocenters. The highest BCUT2D eigenvalue weighted by molar-refractivity contribution is 5.96. The van der Waals surface area contributed by atoms with Gasteiger partial charge >= 0.3 is 0 Å². The molecule has 0 radical (unpaired) electrons. The zero-order valence-electron chi connectivity index (χ0n) is 11.6. The number of nitrogens with two attached hydrogens (primary N) is 1. The van der Waals surface area contributed by atoms with E-state index in [-0.39, 0.29) is 34.3 Å². The lowest BCUT2D eigenvalue weighted by atomic mass is 9.65. The van der Waals surface area contributed by atoms with Crippen molar-refractivity contribution < 1.29 is 9.42 Å². The van der Waals surface area contributed by atoms with Gasteiger partial charge in [-0.1, -0.05) is 20.8 Å². The van der Waals surface area contributed by atoms with Crippen molar-refractivity contribution in [3.63, 3.8) is 0 Å². The van der Waals surface area contributed by atoms with Crippen LogP contribution in [0.15, 0.2) is 4.63 Å². The fourth-order valence-corrected chi connectivity index (χ4v) is 4.18. The second kappa shape index (κ2) is 3.71. The van der Waals surface area contributed by atoms with Gasteiger partial charge in [0.2, 0.25) is 11.5 Å². The van der Waals surface area contributed by atoms with Crippen LogP contribution in [0, 0.1) is 10.8 Å². The van der Waals surface area contributed by atoms with Gasteiger partial charge in [0, 0.05) is 12.6 Å². The normalized spacial score (nSPS) is 32.6. The molecular formula is C13H20N4O2. The fraction of sp³-hybridized carbons (Fsp3) is 0.769. The Kier molecular flexibility index (Phi) is 2.43. The van der Waals surface area contributed by atoms with Crippen LogP contribution in [0.1, 0.15) is 50.5 Å². The van der Waals surface area contributed by atoms with E-state index in [0.29, 0.717) is 0 Å². The highest BCUT2D eigenvalue weighted by atomic mass is 16.6. The summed E-state index contributed by atoms with van der Waals surface area (Å²) in [5.41, 5.74) is 6.25. The first-order chi connectivity index (χ1) is 8.80. The summed E-state index contributed by atoms with van der Waals surface area (Å²) in [6, 6.07) is 0.275. The topological polar surface area (TPSA) is 85.2 Å². The van der Waals surface area contributed by atoms with Crippen molar-refractivity contribution in [2.45, 2.75) is 46.1 Å². The second-order valence-corrected chi connectivity index (χ2v) is 7.14. The molecule has 1 aromatic heterocycles. The van der Waals surface area contributed by atoms with Gasteiger partial charge in [0.15, 0.2) is 0 Å². The van der Waals surface area contributed by atoms with Crippen LogP contribution in [0.2, 0.25) is 0 Å². The average molecular weight is 264 g/mol. The number of fused-ring (bicyclic) bond motifs is 2. The first-order valence-electron chi connectivity index (χ1n) is 6.69. The lowest BCUT2D eigenvalue weighted by Gasteiger charge is -2.39. The van der Waals surface area contributed by atoms with Crippen molar-refractivity contribution in [2.24, 2.45) is 10.8 Å². The number of likely N-dealkylation sites (tertiary alicyclic amines) is 1. The SMILES string of the molecule is CC1(C)CC2CC(C)(CN2C(=O)c2nonc2N)C1. The lowest BCUT2D eigenvalue weighted by Crippen LogP contribution is -2.38. The fourth-order valence-electron chi connectivity index (χ4n) is 4.18. The standard InChI is InChI=1S/C13H20N4O2/c1-12(2)4-8-5-13(3,6-12)7-17(8)11(18)9-10(14)16-19-15-9/h8H,4-7H2,1-3H3,(H2,14,16). The first-order valence-corrected chi connectivity index (χ1v) is 6.69. The zero-order chi connectivity index (χ0) is 13.8. The first kappa shape index (κ1) is 12.4. The number of carbonyl (C=O) groups is 1.